The third-order valence-corrected chi connectivity index (χ3v) is 2.89. The molecule has 1 aromatic carbocycles. The molecule has 18 heavy (non-hydrogen) atoms. The van der Waals surface area contributed by atoms with Crippen molar-refractivity contribution in [1.29, 1.82) is 0 Å². The van der Waals surface area contributed by atoms with E-state index in [1.807, 2.05) is 0 Å². The maximum atomic E-state index is 12.7. The monoisotopic (exact) mass is 282 g/mol. The van der Waals surface area contributed by atoms with E-state index >= 15 is 0 Å². The number of ether oxygens (including phenoxy) is 1. The summed E-state index contributed by atoms with van der Waals surface area (Å²) in [6.07, 6.45) is 0. The van der Waals surface area contributed by atoms with E-state index in [9.17, 15) is 22.4 Å². The molecule has 100 valence electrons. The molecule has 0 radical (unpaired) electrons. The van der Waals surface area contributed by atoms with Gasteiger partial charge in [-0.2, -0.15) is 13.2 Å². The van der Waals surface area contributed by atoms with E-state index in [1.54, 1.807) is 0 Å². The van der Waals surface area contributed by atoms with Crippen LogP contribution in [0.4, 0.5) is 17.6 Å². The number of carbonyl (C=O) groups excluding carboxylic acids is 1. The van der Waals surface area contributed by atoms with Crippen LogP contribution in [0.15, 0.2) is 24.3 Å². The van der Waals surface area contributed by atoms with Crippen LogP contribution in [0, 0.1) is 5.82 Å². The summed E-state index contributed by atoms with van der Waals surface area (Å²) in [7, 11) is 0. The molecule has 0 N–H and O–H groups in total. The first-order valence-electron chi connectivity index (χ1n) is 5.00. The van der Waals surface area contributed by atoms with Crippen molar-refractivity contribution in [1.82, 2.24) is 0 Å². The highest BCUT2D eigenvalue weighted by atomic mass is 32.2. The first-order chi connectivity index (χ1) is 8.33. The number of hydrogen-bond donors (Lipinski definition) is 0. The highest BCUT2D eigenvalue weighted by Gasteiger charge is 2.38. The summed E-state index contributed by atoms with van der Waals surface area (Å²) >= 11 is -0.488. The fourth-order valence-corrected chi connectivity index (χ4v) is 1.97. The molecule has 0 spiro atoms. The normalized spacial score (nSPS) is 13.2. The largest absolute Gasteiger partial charge is 0.465 e. The lowest BCUT2D eigenvalue weighted by Gasteiger charge is -2.16. The van der Waals surface area contributed by atoms with Gasteiger partial charge >= 0.3 is 11.5 Å². The second kappa shape index (κ2) is 6.08. The molecule has 0 saturated carbocycles. The van der Waals surface area contributed by atoms with Crippen molar-refractivity contribution in [2.45, 2.75) is 17.7 Å². The molecule has 0 aromatic heterocycles. The number of rotatable bonds is 4. The molecule has 1 atom stereocenters. The average molecular weight is 282 g/mol. The van der Waals surface area contributed by atoms with Crippen molar-refractivity contribution < 1.29 is 27.1 Å². The van der Waals surface area contributed by atoms with Crippen LogP contribution in [0.5, 0.6) is 0 Å². The van der Waals surface area contributed by atoms with Gasteiger partial charge in [-0.3, -0.25) is 4.79 Å². The predicted octanol–water partition coefficient (Wildman–Crippen LogP) is 3.68. The number of thioether (sulfide) groups is 1. The number of halogens is 4. The van der Waals surface area contributed by atoms with Gasteiger partial charge in [-0.1, -0.05) is 12.1 Å². The Morgan fingerprint density at radius 1 is 1.33 bits per heavy atom. The fourth-order valence-electron chi connectivity index (χ4n) is 1.24. The Labute approximate surface area is 105 Å². The van der Waals surface area contributed by atoms with Gasteiger partial charge in [-0.05, 0) is 36.4 Å². The summed E-state index contributed by atoms with van der Waals surface area (Å²) in [4.78, 5) is 11.5. The van der Waals surface area contributed by atoms with Crippen molar-refractivity contribution in [2.24, 2.45) is 0 Å². The molecular weight excluding hydrogens is 272 g/mol. The molecule has 0 aliphatic carbocycles. The zero-order valence-corrected chi connectivity index (χ0v) is 10.1. The minimum Gasteiger partial charge on any atom is -0.465 e. The number of benzene rings is 1. The zero-order valence-electron chi connectivity index (χ0n) is 9.33. The van der Waals surface area contributed by atoms with Gasteiger partial charge in [0.05, 0.1) is 6.61 Å². The van der Waals surface area contributed by atoms with Crippen LogP contribution in [0.3, 0.4) is 0 Å². The summed E-state index contributed by atoms with van der Waals surface area (Å²) < 4.78 is 54.3. The minimum atomic E-state index is -4.58. The van der Waals surface area contributed by atoms with Crippen LogP contribution < -0.4 is 0 Å². The molecule has 0 amide bonds. The summed E-state index contributed by atoms with van der Waals surface area (Å²) in [6, 6.07) is 4.27. The molecule has 0 aliphatic rings. The van der Waals surface area contributed by atoms with Gasteiger partial charge in [-0.15, -0.1) is 0 Å². The van der Waals surface area contributed by atoms with Crippen molar-refractivity contribution >= 4 is 17.7 Å². The quantitative estimate of drug-likeness (QED) is 0.622. The second-order valence-electron chi connectivity index (χ2n) is 3.25. The van der Waals surface area contributed by atoms with E-state index < -0.39 is 34.3 Å². The van der Waals surface area contributed by atoms with Gasteiger partial charge < -0.3 is 4.74 Å². The van der Waals surface area contributed by atoms with Crippen LogP contribution in [0.2, 0.25) is 0 Å². The lowest BCUT2D eigenvalue weighted by Crippen LogP contribution is -2.17. The molecule has 2 nitrogen and oxygen atoms in total. The Hall–Kier alpha value is -1.24. The van der Waals surface area contributed by atoms with E-state index in [-0.39, 0.29) is 12.2 Å². The number of carbonyl (C=O) groups is 1. The van der Waals surface area contributed by atoms with Gasteiger partial charge in [0.1, 0.15) is 11.1 Å². The standard InChI is InChI=1S/C11H10F4O2S/c1-2-17-10(16)9(18-11(13,14)15)7-3-5-8(12)6-4-7/h3-6,9H,2H2,1H3/t9-/m0/s1. The highest BCUT2D eigenvalue weighted by molar-refractivity contribution is 8.01. The summed E-state index contributed by atoms with van der Waals surface area (Å²) in [5.74, 6) is -1.58. The van der Waals surface area contributed by atoms with Gasteiger partial charge in [-0.25, -0.2) is 4.39 Å². The first kappa shape index (κ1) is 14.8. The van der Waals surface area contributed by atoms with Gasteiger partial charge in [0.2, 0.25) is 0 Å². The summed E-state index contributed by atoms with van der Waals surface area (Å²) in [5.41, 5.74) is -4.52. The lowest BCUT2D eigenvalue weighted by molar-refractivity contribution is -0.142. The Morgan fingerprint density at radius 3 is 2.33 bits per heavy atom. The van der Waals surface area contributed by atoms with E-state index in [0.29, 0.717) is 0 Å². The number of hydrogen-bond acceptors (Lipinski definition) is 3. The Morgan fingerprint density at radius 2 is 1.89 bits per heavy atom. The number of alkyl halides is 3. The van der Waals surface area contributed by atoms with E-state index in [0.717, 1.165) is 24.3 Å². The molecule has 0 bridgehead atoms. The maximum absolute atomic E-state index is 12.7. The number of esters is 1. The first-order valence-corrected chi connectivity index (χ1v) is 5.88. The molecule has 0 fully saturated rings. The molecule has 7 heteroatoms. The SMILES string of the molecule is CCOC(=O)[C@@H](SC(F)(F)F)c1ccc(F)cc1. The van der Waals surface area contributed by atoms with Crippen LogP contribution in [-0.2, 0) is 9.53 Å². The van der Waals surface area contributed by atoms with Gasteiger partial charge in [0.15, 0.2) is 0 Å². The van der Waals surface area contributed by atoms with E-state index in [1.165, 1.54) is 6.92 Å². The molecule has 0 heterocycles. The van der Waals surface area contributed by atoms with Gasteiger partial charge in [0, 0.05) is 0 Å². The topological polar surface area (TPSA) is 26.3 Å². The van der Waals surface area contributed by atoms with Gasteiger partial charge in [0.25, 0.3) is 0 Å². The second-order valence-corrected chi connectivity index (χ2v) is 4.42. The van der Waals surface area contributed by atoms with Crippen LogP contribution in [0.25, 0.3) is 0 Å². The lowest BCUT2D eigenvalue weighted by atomic mass is 10.1. The molecular formula is C11H10F4O2S. The Kier molecular flexibility index (Phi) is 5.01. The fraction of sp³-hybridized carbons (Fsp3) is 0.364. The molecule has 0 aliphatic heterocycles. The Bertz CT molecular complexity index is 402. The maximum Gasteiger partial charge on any atom is 0.442 e. The third kappa shape index (κ3) is 4.56. The molecule has 1 aromatic rings. The summed E-state index contributed by atoms with van der Waals surface area (Å²) in [5, 5.41) is -1.54. The van der Waals surface area contributed by atoms with Crippen LogP contribution >= 0.6 is 11.8 Å². The third-order valence-electron chi connectivity index (χ3n) is 1.92. The summed E-state index contributed by atoms with van der Waals surface area (Å²) in [6.45, 7) is 1.48. The van der Waals surface area contributed by atoms with Crippen molar-refractivity contribution in [3.63, 3.8) is 0 Å². The zero-order chi connectivity index (χ0) is 13.8. The van der Waals surface area contributed by atoms with Crippen molar-refractivity contribution in [3.8, 4) is 0 Å². The minimum absolute atomic E-state index is 0.0189. The van der Waals surface area contributed by atoms with E-state index in [4.69, 9.17) is 0 Å². The molecule has 1 rings (SSSR count). The van der Waals surface area contributed by atoms with E-state index in [2.05, 4.69) is 4.74 Å². The van der Waals surface area contributed by atoms with Crippen molar-refractivity contribution in [2.75, 3.05) is 6.61 Å². The average Bonchev–Trinajstić information content (AvgIpc) is 2.26. The highest BCUT2D eigenvalue weighted by Crippen LogP contribution is 2.42. The van der Waals surface area contributed by atoms with Crippen LogP contribution in [0.1, 0.15) is 17.7 Å². The smallest absolute Gasteiger partial charge is 0.442 e. The van der Waals surface area contributed by atoms with Crippen LogP contribution in [-0.4, -0.2) is 18.1 Å². The van der Waals surface area contributed by atoms with Crippen molar-refractivity contribution in [3.05, 3.63) is 35.6 Å². The molecule has 0 unspecified atom stereocenters. The predicted molar refractivity (Wildman–Crippen MR) is 59.4 cm³/mol. The molecule has 0 saturated heterocycles. The Balaban J connectivity index is 2.96.